The molecule has 0 aliphatic carbocycles. The van der Waals surface area contributed by atoms with Crippen LogP contribution in [0.1, 0.15) is 36.7 Å². The largest absolute Gasteiger partial charge is 0.496 e. The third-order valence-electron chi connectivity index (χ3n) is 5.93. The summed E-state index contributed by atoms with van der Waals surface area (Å²) in [7, 11) is 1.61. The molecule has 1 N–H and O–H groups in total. The molecular formula is C21H26N4O3. The third kappa shape index (κ3) is 3.04. The zero-order valence-corrected chi connectivity index (χ0v) is 16.4. The molecule has 7 heteroatoms. The van der Waals surface area contributed by atoms with E-state index in [1.165, 1.54) is 0 Å². The molecule has 28 heavy (non-hydrogen) atoms. The van der Waals surface area contributed by atoms with Crippen LogP contribution < -0.4 is 4.74 Å². The molecule has 2 saturated heterocycles. The first-order valence-corrected chi connectivity index (χ1v) is 9.85. The fourth-order valence-electron chi connectivity index (χ4n) is 4.40. The topological polar surface area (TPSA) is 78.5 Å². The summed E-state index contributed by atoms with van der Waals surface area (Å²) >= 11 is 0. The van der Waals surface area contributed by atoms with Crippen LogP contribution in [0.2, 0.25) is 0 Å². The summed E-state index contributed by atoms with van der Waals surface area (Å²) in [6.07, 6.45) is 2.54. The van der Waals surface area contributed by atoms with E-state index in [2.05, 4.69) is 17.1 Å². The van der Waals surface area contributed by atoms with Crippen molar-refractivity contribution in [3.8, 4) is 17.0 Å². The average molecular weight is 382 g/mol. The Balaban J connectivity index is 1.49. The van der Waals surface area contributed by atoms with Gasteiger partial charge in [0, 0.05) is 31.7 Å². The average Bonchev–Trinajstić information content (AvgIpc) is 3.44. The molecule has 1 spiro atoms. The van der Waals surface area contributed by atoms with Crippen molar-refractivity contribution in [3.63, 3.8) is 0 Å². The highest BCUT2D eigenvalue weighted by atomic mass is 16.5. The van der Waals surface area contributed by atoms with Crippen molar-refractivity contribution < 1.29 is 14.3 Å². The van der Waals surface area contributed by atoms with Crippen molar-refractivity contribution in [2.75, 3.05) is 33.3 Å². The number of H-pyrrole nitrogens is 1. The first kappa shape index (κ1) is 18.5. The number of aromatic nitrogens is 2. The molecule has 2 aliphatic rings. The van der Waals surface area contributed by atoms with Crippen molar-refractivity contribution in [1.29, 1.82) is 0 Å². The molecular weight excluding hydrogens is 356 g/mol. The van der Waals surface area contributed by atoms with Crippen molar-refractivity contribution in [1.82, 2.24) is 20.0 Å². The van der Waals surface area contributed by atoms with Gasteiger partial charge in [0.25, 0.3) is 5.91 Å². The molecule has 2 amide bonds. The van der Waals surface area contributed by atoms with Crippen LogP contribution in [0.4, 0.5) is 0 Å². The number of para-hydroxylation sites is 1. The zero-order valence-electron chi connectivity index (χ0n) is 16.4. The molecule has 1 aromatic carbocycles. The Morgan fingerprint density at radius 1 is 1.29 bits per heavy atom. The Hall–Kier alpha value is -2.83. The van der Waals surface area contributed by atoms with Gasteiger partial charge in [0.15, 0.2) is 0 Å². The number of methoxy groups -OCH3 is 1. The molecule has 1 unspecified atom stereocenters. The number of nitrogens with one attached hydrogen (secondary N) is 1. The monoisotopic (exact) mass is 382 g/mol. The summed E-state index contributed by atoms with van der Waals surface area (Å²) in [5.41, 5.74) is 1.55. The second-order valence-corrected chi connectivity index (χ2v) is 7.67. The number of rotatable bonds is 5. The first-order chi connectivity index (χ1) is 13.6. The zero-order chi connectivity index (χ0) is 19.7. The smallest absolute Gasteiger partial charge is 0.271 e. The SMILES string of the molecule is CCCN1CCC2(CCN(C(=O)c3cc(-c4ccccc4OC)n[nH]3)C2)C1=O. The molecule has 2 aliphatic heterocycles. The van der Waals surface area contributed by atoms with E-state index in [1.807, 2.05) is 29.2 Å². The highest BCUT2D eigenvalue weighted by Gasteiger charge is 2.51. The Bertz CT molecular complexity index is 893. The lowest BCUT2D eigenvalue weighted by atomic mass is 9.85. The number of nitrogens with zero attached hydrogens (tertiary/aromatic N) is 3. The first-order valence-electron chi connectivity index (χ1n) is 9.85. The molecule has 1 atom stereocenters. The van der Waals surface area contributed by atoms with Crippen LogP contribution in [0, 0.1) is 5.41 Å². The van der Waals surface area contributed by atoms with E-state index in [4.69, 9.17) is 4.74 Å². The molecule has 2 fully saturated rings. The molecule has 0 saturated carbocycles. The number of carbonyl (C=O) groups excluding carboxylic acids is 2. The third-order valence-corrected chi connectivity index (χ3v) is 5.93. The Morgan fingerprint density at radius 2 is 2.07 bits per heavy atom. The van der Waals surface area contributed by atoms with Crippen LogP contribution in [-0.4, -0.2) is 65.1 Å². The predicted molar refractivity (Wildman–Crippen MR) is 105 cm³/mol. The quantitative estimate of drug-likeness (QED) is 0.862. The van der Waals surface area contributed by atoms with Crippen LogP contribution >= 0.6 is 0 Å². The Kier molecular flexibility index (Phi) is 4.83. The minimum Gasteiger partial charge on any atom is -0.496 e. The summed E-state index contributed by atoms with van der Waals surface area (Å²) in [4.78, 5) is 29.6. The number of benzene rings is 1. The molecule has 3 heterocycles. The van der Waals surface area contributed by atoms with Crippen LogP contribution in [0.15, 0.2) is 30.3 Å². The molecule has 0 bridgehead atoms. The van der Waals surface area contributed by atoms with Gasteiger partial charge in [-0.25, -0.2) is 0 Å². The predicted octanol–water partition coefficient (Wildman–Crippen LogP) is 2.56. The van der Waals surface area contributed by atoms with Crippen molar-refractivity contribution >= 4 is 11.8 Å². The lowest BCUT2D eigenvalue weighted by Gasteiger charge is -2.23. The Morgan fingerprint density at radius 3 is 2.86 bits per heavy atom. The van der Waals surface area contributed by atoms with Crippen LogP contribution in [0.5, 0.6) is 5.75 Å². The number of amides is 2. The van der Waals surface area contributed by atoms with E-state index in [-0.39, 0.29) is 11.8 Å². The summed E-state index contributed by atoms with van der Waals surface area (Å²) < 4.78 is 5.38. The minimum atomic E-state index is -0.393. The van der Waals surface area contributed by atoms with Gasteiger partial charge in [-0.15, -0.1) is 0 Å². The van der Waals surface area contributed by atoms with Gasteiger partial charge in [0.1, 0.15) is 11.4 Å². The van der Waals surface area contributed by atoms with E-state index in [9.17, 15) is 9.59 Å². The fraction of sp³-hybridized carbons (Fsp3) is 0.476. The molecule has 1 aromatic heterocycles. The standard InChI is InChI=1S/C21H26N4O3/c1-3-10-24-11-8-21(20(24)27)9-12-25(14-21)19(26)17-13-16(22-23-17)15-6-4-5-7-18(15)28-2/h4-7,13H,3,8-12,14H2,1-2H3,(H,22,23). The number of carbonyl (C=O) groups is 2. The number of hydrogen-bond donors (Lipinski definition) is 1. The van der Waals surface area contributed by atoms with Gasteiger partial charge in [-0.1, -0.05) is 19.1 Å². The van der Waals surface area contributed by atoms with Crippen molar-refractivity contribution in [2.45, 2.75) is 26.2 Å². The van der Waals surface area contributed by atoms with Gasteiger partial charge >= 0.3 is 0 Å². The van der Waals surface area contributed by atoms with Gasteiger partial charge in [0.05, 0.1) is 18.2 Å². The van der Waals surface area contributed by atoms with Gasteiger partial charge in [-0.3, -0.25) is 14.7 Å². The summed E-state index contributed by atoms with van der Waals surface area (Å²) in [6.45, 7) is 4.79. The fourth-order valence-corrected chi connectivity index (χ4v) is 4.40. The van der Waals surface area contributed by atoms with Gasteiger partial charge in [0.2, 0.25) is 5.91 Å². The van der Waals surface area contributed by atoms with E-state index < -0.39 is 5.41 Å². The number of ether oxygens (including phenoxy) is 1. The van der Waals surface area contributed by atoms with Gasteiger partial charge < -0.3 is 14.5 Å². The number of hydrogen-bond acceptors (Lipinski definition) is 4. The van der Waals surface area contributed by atoms with E-state index in [0.717, 1.165) is 37.9 Å². The highest BCUT2D eigenvalue weighted by molar-refractivity contribution is 5.95. The van der Waals surface area contributed by atoms with E-state index >= 15 is 0 Å². The van der Waals surface area contributed by atoms with Crippen molar-refractivity contribution in [3.05, 3.63) is 36.0 Å². The van der Waals surface area contributed by atoms with E-state index in [1.54, 1.807) is 18.1 Å². The highest BCUT2D eigenvalue weighted by Crippen LogP contribution is 2.41. The van der Waals surface area contributed by atoms with E-state index in [0.29, 0.717) is 30.2 Å². The molecule has 4 rings (SSSR count). The Labute approximate surface area is 164 Å². The number of likely N-dealkylation sites (tertiary alicyclic amines) is 2. The van der Waals surface area contributed by atoms with Crippen molar-refractivity contribution in [2.24, 2.45) is 5.41 Å². The molecule has 7 nitrogen and oxygen atoms in total. The van der Waals surface area contributed by atoms with Crippen LogP contribution in [0.25, 0.3) is 11.3 Å². The lowest BCUT2D eigenvalue weighted by molar-refractivity contribution is -0.135. The maximum absolute atomic E-state index is 13.0. The summed E-state index contributed by atoms with van der Waals surface area (Å²) in [5, 5.41) is 7.16. The molecule has 2 aromatic rings. The van der Waals surface area contributed by atoms with Gasteiger partial charge in [-0.05, 0) is 37.5 Å². The maximum Gasteiger partial charge on any atom is 0.271 e. The second kappa shape index (κ2) is 7.30. The second-order valence-electron chi connectivity index (χ2n) is 7.67. The van der Waals surface area contributed by atoms with Crippen LogP contribution in [0.3, 0.4) is 0 Å². The van der Waals surface area contributed by atoms with Gasteiger partial charge in [-0.2, -0.15) is 5.10 Å². The molecule has 148 valence electrons. The summed E-state index contributed by atoms with van der Waals surface area (Å²) in [6, 6.07) is 9.33. The molecule has 0 radical (unpaired) electrons. The lowest BCUT2D eigenvalue weighted by Crippen LogP contribution is -2.38. The minimum absolute atomic E-state index is 0.104. The van der Waals surface area contributed by atoms with Crippen LogP contribution in [-0.2, 0) is 4.79 Å². The number of aromatic amines is 1. The summed E-state index contributed by atoms with van der Waals surface area (Å²) in [5.74, 6) is 0.817. The normalized spacial score (nSPS) is 21.7. The maximum atomic E-state index is 13.0.